The monoisotopic (exact) mass is 426 g/mol. The molecule has 0 aliphatic carbocycles. The van der Waals surface area contributed by atoms with E-state index in [1.165, 1.54) is 4.68 Å². The quantitative estimate of drug-likeness (QED) is 0.718. The number of fused-ring (bicyclic) bond motifs is 1. The van der Waals surface area contributed by atoms with Crippen LogP contribution in [0.4, 0.5) is 0 Å². The molecule has 1 aromatic heterocycles. The van der Waals surface area contributed by atoms with Crippen LogP contribution in [0.5, 0.6) is 0 Å². The number of aromatic nitrogens is 2. The second-order valence-corrected chi connectivity index (χ2v) is 9.42. The van der Waals surface area contributed by atoms with E-state index >= 15 is 0 Å². The minimum Gasteiger partial charge on any atom is -0.348 e. The molecule has 1 N–H and O–H groups in total. The van der Waals surface area contributed by atoms with E-state index in [2.05, 4.69) is 17.3 Å². The minimum atomic E-state index is -0.398. The van der Waals surface area contributed by atoms with Crippen molar-refractivity contribution in [1.29, 1.82) is 0 Å². The van der Waals surface area contributed by atoms with Crippen molar-refractivity contribution in [2.75, 3.05) is 13.1 Å². The van der Waals surface area contributed by atoms with E-state index in [9.17, 15) is 14.4 Å². The summed E-state index contributed by atoms with van der Waals surface area (Å²) in [5.41, 5.74) is -0.262. The van der Waals surface area contributed by atoms with E-state index in [0.29, 0.717) is 48.9 Å². The number of carbonyl (C=O) groups excluding carboxylic acids is 2. The van der Waals surface area contributed by atoms with Gasteiger partial charge in [0, 0.05) is 36.5 Å². The van der Waals surface area contributed by atoms with Crippen LogP contribution < -0.4 is 10.9 Å². The van der Waals surface area contributed by atoms with Gasteiger partial charge in [-0.2, -0.15) is 5.10 Å². The minimum absolute atomic E-state index is 0.0162. The van der Waals surface area contributed by atoms with E-state index in [1.54, 1.807) is 12.1 Å². The zero-order chi connectivity index (χ0) is 22.6. The summed E-state index contributed by atoms with van der Waals surface area (Å²) in [6.45, 7) is 9.65. The molecule has 7 nitrogen and oxygen atoms in total. The number of unbranched alkanes of at least 4 members (excludes halogenated alkanes) is 2. The molecular weight excluding hydrogens is 392 g/mol. The highest BCUT2D eigenvalue weighted by molar-refractivity contribution is 6.04. The van der Waals surface area contributed by atoms with Gasteiger partial charge in [0.15, 0.2) is 5.69 Å². The lowest BCUT2D eigenvalue weighted by molar-refractivity contribution is -0.140. The van der Waals surface area contributed by atoms with Gasteiger partial charge >= 0.3 is 0 Å². The molecule has 0 spiro atoms. The Labute approximate surface area is 183 Å². The molecule has 1 aromatic carbocycles. The van der Waals surface area contributed by atoms with E-state index in [4.69, 9.17) is 0 Å². The third-order valence-electron chi connectivity index (χ3n) is 5.82. The average molecular weight is 427 g/mol. The summed E-state index contributed by atoms with van der Waals surface area (Å²) >= 11 is 0. The predicted molar refractivity (Wildman–Crippen MR) is 122 cm³/mol. The highest BCUT2D eigenvalue weighted by Gasteiger charge is 2.31. The Morgan fingerprint density at radius 1 is 1.10 bits per heavy atom. The van der Waals surface area contributed by atoms with E-state index in [0.717, 1.165) is 19.3 Å². The number of carbonyl (C=O) groups is 2. The van der Waals surface area contributed by atoms with Crippen LogP contribution in [0.25, 0.3) is 10.8 Å². The zero-order valence-corrected chi connectivity index (χ0v) is 19.1. The Hall–Kier alpha value is -2.70. The number of benzene rings is 1. The number of likely N-dealkylation sites (tertiary alicyclic amines) is 1. The highest BCUT2D eigenvalue weighted by Crippen LogP contribution is 2.21. The van der Waals surface area contributed by atoms with Crippen molar-refractivity contribution in [3.05, 3.63) is 40.3 Å². The fourth-order valence-electron chi connectivity index (χ4n) is 4.02. The molecule has 168 valence electrons. The molecule has 0 saturated carbocycles. The summed E-state index contributed by atoms with van der Waals surface area (Å²) in [5, 5.41) is 8.62. The second kappa shape index (κ2) is 9.62. The zero-order valence-electron chi connectivity index (χ0n) is 19.1. The molecule has 31 heavy (non-hydrogen) atoms. The Balaban J connectivity index is 1.76. The molecule has 0 atom stereocenters. The predicted octanol–water partition coefficient (Wildman–Crippen LogP) is 3.35. The van der Waals surface area contributed by atoms with Gasteiger partial charge in [-0.1, -0.05) is 58.7 Å². The van der Waals surface area contributed by atoms with Gasteiger partial charge in [0.2, 0.25) is 5.91 Å². The first-order chi connectivity index (χ1) is 14.7. The topological polar surface area (TPSA) is 84.3 Å². The standard InChI is InChI=1S/C24H34N4O3/c1-5-6-9-14-28-22(30)19-11-8-7-10-18(19)20(26-28)21(29)25-17-12-15-27(16-13-17)23(31)24(2,3)4/h7-8,10-11,17H,5-6,9,12-16H2,1-4H3,(H,25,29). The van der Waals surface area contributed by atoms with Crippen LogP contribution in [-0.2, 0) is 11.3 Å². The van der Waals surface area contributed by atoms with E-state index < -0.39 is 5.41 Å². The summed E-state index contributed by atoms with van der Waals surface area (Å²) in [4.78, 5) is 40.3. The number of rotatable bonds is 6. The number of hydrogen-bond donors (Lipinski definition) is 1. The first-order valence-electron chi connectivity index (χ1n) is 11.3. The lowest BCUT2D eigenvalue weighted by atomic mass is 9.93. The Kier molecular flexibility index (Phi) is 7.13. The van der Waals surface area contributed by atoms with Crippen molar-refractivity contribution in [3.8, 4) is 0 Å². The third kappa shape index (κ3) is 5.32. The molecule has 0 radical (unpaired) electrons. The Bertz CT molecular complexity index is 998. The fraction of sp³-hybridized carbons (Fsp3) is 0.583. The van der Waals surface area contributed by atoms with Gasteiger partial charge in [0.25, 0.3) is 11.5 Å². The lowest BCUT2D eigenvalue weighted by Gasteiger charge is -2.36. The summed E-state index contributed by atoms with van der Waals surface area (Å²) in [6, 6.07) is 7.14. The van der Waals surface area contributed by atoms with Crippen molar-refractivity contribution in [1.82, 2.24) is 20.0 Å². The van der Waals surface area contributed by atoms with Crippen LogP contribution >= 0.6 is 0 Å². The molecule has 0 bridgehead atoms. The number of amides is 2. The average Bonchev–Trinajstić information content (AvgIpc) is 2.75. The highest BCUT2D eigenvalue weighted by atomic mass is 16.2. The Morgan fingerprint density at radius 3 is 2.35 bits per heavy atom. The third-order valence-corrected chi connectivity index (χ3v) is 5.82. The first-order valence-corrected chi connectivity index (χ1v) is 11.3. The molecule has 7 heteroatoms. The van der Waals surface area contributed by atoms with Gasteiger partial charge in [-0.25, -0.2) is 4.68 Å². The molecular formula is C24H34N4O3. The van der Waals surface area contributed by atoms with Crippen LogP contribution in [0.2, 0.25) is 0 Å². The van der Waals surface area contributed by atoms with Crippen LogP contribution in [0.3, 0.4) is 0 Å². The number of hydrogen-bond acceptors (Lipinski definition) is 4. The molecule has 0 unspecified atom stereocenters. The number of aryl methyl sites for hydroxylation is 1. The maximum absolute atomic E-state index is 13.1. The van der Waals surface area contributed by atoms with Crippen LogP contribution in [0.1, 0.15) is 70.3 Å². The van der Waals surface area contributed by atoms with Gasteiger partial charge in [-0.15, -0.1) is 0 Å². The molecule has 3 rings (SSSR count). The maximum Gasteiger partial charge on any atom is 0.274 e. The van der Waals surface area contributed by atoms with Gasteiger partial charge in [0.05, 0.1) is 5.39 Å². The van der Waals surface area contributed by atoms with Crippen molar-refractivity contribution < 1.29 is 9.59 Å². The van der Waals surface area contributed by atoms with Gasteiger partial charge in [-0.05, 0) is 25.3 Å². The molecule has 2 aromatic rings. The number of nitrogens with zero attached hydrogens (tertiary/aromatic N) is 3. The number of nitrogens with one attached hydrogen (secondary N) is 1. The largest absolute Gasteiger partial charge is 0.348 e. The smallest absolute Gasteiger partial charge is 0.274 e. The van der Waals surface area contributed by atoms with Crippen molar-refractivity contribution >= 4 is 22.6 Å². The van der Waals surface area contributed by atoms with Crippen LogP contribution in [-0.4, -0.2) is 45.6 Å². The van der Waals surface area contributed by atoms with E-state index in [-0.39, 0.29) is 23.4 Å². The Morgan fingerprint density at radius 2 is 1.74 bits per heavy atom. The van der Waals surface area contributed by atoms with Gasteiger partial charge < -0.3 is 10.2 Å². The summed E-state index contributed by atoms with van der Waals surface area (Å²) in [6.07, 6.45) is 4.33. The van der Waals surface area contributed by atoms with E-state index in [1.807, 2.05) is 37.8 Å². The second-order valence-electron chi connectivity index (χ2n) is 9.42. The summed E-state index contributed by atoms with van der Waals surface area (Å²) in [7, 11) is 0. The molecule has 2 heterocycles. The fourth-order valence-corrected chi connectivity index (χ4v) is 4.02. The summed E-state index contributed by atoms with van der Waals surface area (Å²) < 4.78 is 1.43. The molecule has 1 fully saturated rings. The van der Waals surface area contributed by atoms with Crippen LogP contribution in [0, 0.1) is 5.41 Å². The number of piperidine rings is 1. The molecule has 2 amide bonds. The summed E-state index contributed by atoms with van der Waals surface area (Å²) in [5.74, 6) is -0.120. The van der Waals surface area contributed by atoms with Gasteiger partial charge in [0.1, 0.15) is 0 Å². The first kappa shape index (κ1) is 23.0. The normalized spacial score (nSPS) is 15.3. The molecule has 1 aliphatic heterocycles. The molecule has 1 aliphatic rings. The van der Waals surface area contributed by atoms with Crippen molar-refractivity contribution in [2.45, 2.75) is 72.4 Å². The van der Waals surface area contributed by atoms with Crippen molar-refractivity contribution in [2.24, 2.45) is 5.41 Å². The SMILES string of the molecule is CCCCCn1nc(C(=O)NC2CCN(C(=O)C(C)(C)C)CC2)c2ccccc2c1=O. The van der Waals surface area contributed by atoms with Crippen molar-refractivity contribution in [3.63, 3.8) is 0 Å². The van der Waals surface area contributed by atoms with Gasteiger partial charge in [-0.3, -0.25) is 14.4 Å². The maximum atomic E-state index is 13.1. The van der Waals surface area contributed by atoms with Crippen LogP contribution in [0.15, 0.2) is 29.1 Å². The lowest BCUT2D eigenvalue weighted by Crippen LogP contribution is -2.49. The molecule has 1 saturated heterocycles.